The van der Waals surface area contributed by atoms with Crippen molar-refractivity contribution in [1.82, 2.24) is 5.32 Å². The van der Waals surface area contributed by atoms with E-state index in [9.17, 15) is 50.4 Å². The summed E-state index contributed by atoms with van der Waals surface area (Å²) >= 11 is 0. The number of halogens is 12. The van der Waals surface area contributed by atoms with Gasteiger partial charge >= 0.3 is 66.0 Å². The van der Waals surface area contributed by atoms with Gasteiger partial charge in [-0.3, -0.25) is 0 Å². The van der Waals surface area contributed by atoms with Crippen LogP contribution in [0.4, 0.5) is 50.4 Å². The molecule has 0 amide bonds. The molecule has 10 rings (SSSR count). The Morgan fingerprint density at radius 3 is 0.936 bits per heavy atom. The van der Waals surface area contributed by atoms with E-state index in [1.807, 2.05) is 36.4 Å². The zero-order valence-corrected chi connectivity index (χ0v) is 83.0. The fourth-order valence-corrected chi connectivity index (χ4v) is 14.6. The van der Waals surface area contributed by atoms with Crippen LogP contribution in [0.1, 0.15) is 170 Å². The molecule has 3 N–H and O–H groups in total. The first kappa shape index (κ1) is 118. The number of benzene rings is 6. The van der Waals surface area contributed by atoms with Crippen LogP contribution in [-0.2, 0) is 82.8 Å². The number of nitrogens with one attached hydrogen (secondary N) is 1. The Balaban J connectivity index is 0.000000334. The molecule has 2 aliphatic heterocycles. The Morgan fingerprint density at radius 2 is 0.593 bits per heavy atom. The molecule has 0 radical (unpaired) electrons. The van der Waals surface area contributed by atoms with Crippen LogP contribution >= 0.6 is 15.6 Å². The van der Waals surface area contributed by atoms with Gasteiger partial charge in [0.05, 0.1) is 134 Å². The van der Waals surface area contributed by atoms with Gasteiger partial charge in [0, 0.05) is 76.7 Å². The third-order valence-electron chi connectivity index (χ3n) is 21.7. The first-order valence-electron chi connectivity index (χ1n) is 48.3. The van der Waals surface area contributed by atoms with Gasteiger partial charge in [0.15, 0.2) is 34.5 Å². The summed E-state index contributed by atoms with van der Waals surface area (Å²) in [6.45, 7) is 14.8. The van der Waals surface area contributed by atoms with E-state index in [0.29, 0.717) is 204 Å². The summed E-state index contributed by atoms with van der Waals surface area (Å²) < 4.78 is 236. The summed E-state index contributed by atoms with van der Waals surface area (Å²) in [5.41, 5.74) is 23.9. The van der Waals surface area contributed by atoms with Crippen molar-refractivity contribution < 1.29 is 155 Å². The van der Waals surface area contributed by atoms with Crippen molar-refractivity contribution >= 4 is 15.6 Å². The summed E-state index contributed by atoms with van der Waals surface area (Å²) in [5, 5.41) is 21.5. The van der Waals surface area contributed by atoms with E-state index >= 15 is 0 Å². The molecule has 140 heavy (non-hydrogen) atoms. The van der Waals surface area contributed by atoms with E-state index in [2.05, 4.69) is 113 Å². The molecule has 788 valence electrons. The predicted molar refractivity (Wildman–Crippen MR) is 516 cm³/mol. The zero-order valence-electron chi connectivity index (χ0n) is 81.2. The SMILES string of the molecule is COc1cc(CCCc2ccc(-c3ccc(OCC4=C=C=C5OCCOCCOCCCCCCCCOCCOCCOC5C4)cc3)cc2)cc(OC)c1OCCCCCCO.COc1cc(CNCc2ccc(-c3ccc(OCC4=C=C=C5OCCOCCOCCCCCCCCOCCOCCOC5C4)cc3)cc2)cc(OC)c1OCCCCCCO.F[P-](F)(F)(F)(F)F.F[P-](F)(F)(F)(F)F. The summed E-state index contributed by atoms with van der Waals surface area (Å²) in [6.07, 6.45) is 24.9. The quantitative estimate of drug-likeness (QED) is 0.0147. The fourth-order valence-electron chi connectivity index (χ4n) is 14.6. The van der Waals surface area contributed by atoms with Gasteiger partial charge < -0.3 is 110 Å². The molecule has 0 spiro atoms. The molecule has 0 bridgehead atoms. The number of aliphatic hydroxyl groups is 2. The van der Waals surface area contributed by atoms with Crippen molar-refractivity contribution in [2.24, 2.45) is 0 Å². The minimum atomic E-state index is -10.7. The summed E-state index contributed by atoms with van der Waals surface area (Å²) in [7, 11) is -14.7. The summed E-state index contributed by atoms with van der Waals surface area (Å²) in [4.78, 5) is 0. The number of fused-ring (bicyclic) bond motifs is 2. The number of ether oxygens (including phenoxy) is 20. The van der Waals surface area contributed by atoms with Gasteiger partial charge in [0.2, 0.25) is 11.5 Å². The minimum absolute atomic E-state index is 0.229. The fraction of sp³-hybridized carbons (Fsp3) is 0.573. The molecule has 0 aromatic heterocycles. The Bertz CT molecular complexity index is 4310. The third-order valence-corrected chi connectivity index (χ3v) is 21.7. The zero-order chi connectivity index (χ0) is 101. The van der Waals surface area contributed by atoms with Crippen molar-refractivity contribution in [2.75, 3.05) is 200 Å². The first-order chi connectivity index (χ1) is 67.2. The Hall–Kier alpha value is -8.58. The molecule has 6 aromatic rings. The van der Waals surface area contributed by atoms with Gasteiger partial charge in [0.1, 0.15) is 50.1 Å². The van der Waals surface area contributed by atoms with Gasteiger partial charge in [-0.25, -0.2) is 0 Å². The van der Waals surface area contributed by atoms with Crippen LogP contribution in [0.15, 0.2) is 167 Å². The van der Waals surface area contributed by atoms with E-state index in [0.717, 1.165) is 179 Å². The number of hydrogen-bond donors (Lipinski definition) is 3. The summed E-state index contributed by atoms with van der Waals surface area (Å²) in [5.74, 6) is 6.71. The van der Waals surface area contributed by atoms with Crippen molar-refractivity contribution in [1.29, 1.82) is 0 Å². The van der Waals surface area contributed by atoms with Crippen LogP contribution in [0.5, 0.6) is 46.0 Å². The number of methoxy groups -OCH3 is 4. The molecule has 2 heterocycles. The molecule has 2 unspecified atom stereocenters. The maximum atomic E-state index is 9.87. The molecule has 0 saturated carbocycles. The molecule has 2 atom stereocenters. The van der Waals surface area contributed by atoms with Gasteiger partial charge in [-0.1, -0.05) is 148 Å². The van der Waals surface area contributed by atoms with E-state index in [-0.39, 0.29) is 25.4 Å². The van der Waals surface area contributed by atoms with Gasteiger partial charge in [-0.2, -0.15) is 0 Å². The van der Waals surface area contributed by atoms with Gasteiger partial charge in [-0.15, -0.1) is 0 Å². The Kier molecular flexibility index (Phi) is 53.7. The van der Waals surface area contributed by atoms with E-state index in [1.54, 1.807) is 28.4 Å². The normalized spacial score (nSPS) is 18.4. The number of aryl methyl sites for hydroxylation is 2. The molecular weight excluding hydrogens is 1890 g/mol. The molecule has 2 fully saturated rings. The maximum absolute atomic E-state index is 10.7. The van der Waals surface area contributed by atoms with Crippen molar-refractivity contribution in [3.8, 4) is 68.2 Å². The Morgan fingerprint density at radius 1 is 0.307 bits per heavy atom. The standard InChI is InChI=1S/C52H72O11.C51H71NO11.2F6P/c1-54-50-38-43(39-51(55-2)52(50)62-29-12-8-5-9-26-53)15-13-14-42-16-19-45(20-17-42)46-21-23-47(24-22-46)63-41-44-18-25-48-49(40-44)61-37-35-59-33-31-57-28-11-7-4-3-6-10-27-56-30-32-58-34-36-60-48;1-54-49-36-43(37-50(55-2)51(49)62-26-12-8-5-9-23-53)39-52-38-41-13-16-44(17-14-41)45-18-20-46(21-19-45)63-40-42-15-22-47-48(35-42)61-34-32-59-30-28-57-25-11-7-4-3-6-10-24-56-27-29-58-31-33-60-47;2*1-7(2,3,4,5)6/h16-17,19-24,38-39,49,53H,3-15,26-37,40-41H2,1-2H3;13-14,16-21,36-37,48,52-53H,3-12,23-35,38-40H2,1-2H3;;/q;;2*-1. The van der Waals surface area contributed by atoms with Crippen LogP contribution in [0.3, 0.4) is 0 Å². The van der Waals surface area contributed by atoms with Crippen LogP contribution in [0.2, 0.25) is 0 Å². The first-order valence-corrected chi connectivity index (χ1v) is 52.3. The molecule has 23 nitrogen and oxygen atoms in total. The number of hydrogen-bond acceptors (Lipinski definition) is 23. The van der Waals surface area contributed by atoms with Crippen molar-refractivity contribution in [3.05, 3.63) is 189 Å². The van der Waals surface area contributed by atoms with Gasteiger partial charge in [-0.05, 0) is 188 Å². The molecule has 37 heteroatoms. The average molecular weight is 2040 g/mol. The topological polar surface area (TPSA) is 237 Å². The number of rotatable bonds is 34. The second-order valence-corrected chi connectivity index (χ2v) is 37.3. The molecular formula is C103H143F12NO22P2-2. The van der Waals surface area contributed by atoms with Gasteiger partial charge in [0.25, 0.3) is 0 Å². The molecule has 2 aliphatic carbocycles. The summed E-state index contributed by atoms with van der Waals surface area (Å²) in [6, 6.07) is 41.8. The second kappa shape index (κ2) is 63.5. The Labute approximate surface area is 815 Å². The van der Waals surface area contributed by atoms with E-state index in [1.165, 1.54) is 62.5 Å². The van der Waals surface area contributed by atoms with Crippen LogP contribution in [0, 0.1) is 0 Å². The van der Waals surface area contributed by atoms with E-state index in [4.69, 9.17) is 105 Å². The van der Waals surface area contributed by atoms with Crippen molar-refractivity contribution in [2.45, 2.75) is 186 Å². The number of aliphatic hydroxyl groups excluding tert-OH is 2. The monoisotopic (exact) mass is 2040 g/mol. The van der Waals surface area contributed by atoms with Crippen LogP contribution in [-0.4, -0.2) is 223 Å². The molecule has 4 aliphatic rings. The average Bonchev–Trinajstić information content (AvgIpc) is 0.789. The van der Waals surface area contributed by atoms with E-state index < -0.39 is 15.6 Å². The molecule has 2 saturated heterocycles. The predicted octanol–water partition coefficient (Wildman–Crippen LogP) is 25.2. The molecule has 6 aromatic carbocycles. The van der Waals surface area contributed by atoms with Crippen LogP contribution in [0.25, 0.3) is 22.3 Å². The van der Waals surface area contributed by atoms with Crippen LogP contribution < -0.4 is 43.2 Å². The van der Waals surface area contributed by atoms with Crippen molar-refractivity contribution in [3.63, 3.8) is 0 Å². The second-order valence-electron chi connectivity index (χ2n) is 33.4. The number of unbranched alkanes of at least 4 members (excludes halogenated alkanes) is 6. The third kappa shape index (κ3) is 57.1.